The second-order valence-corrected chi connectivity index (χ2v) is 9.93. The van der Waals surface area contributed by atoms with E-state index in [0.29, 0.717) is 0 Å². The van der Waals surface area contributed by atoms with Gasteiger partial charge in [0.2, 0.25) is 0 Å². The Balaban J connectivity index is 1.52. The fourth-order valence-electron chi connectivity index (χ4n) is 4.97. The summed E-state index contributed by atoms with van der Waals surface area (Å²) in [5.74, 6) is 0. The summed E-state index contributed by atoms with van der Waals surface area (Å²) in [4.78, 5) is 2.57. The van der Waals surface area contributed by atoms with Gasteiger partial charge in [0.15, 0.2) is 0 Å². The van der Waals surface area contributed by atoms with Crippen LogP contribution in [0.25, 0.3) is 10.8 Å². The van der Waals surface area contributed by atoms with Crippen molar-refractivity contribution in [3.8, 4) is 0 Å². The molecule has 0 aliphatic heterocycles. The van der Waals surface area contributed by atoms with E-state index in [0.717, 1.165) is 26.1 Å². The molecule has 33 heavy (non-hydrogen) atoms. The molecule has 0 radical (unpaired) electrons. The Labute approximate surface area is 205 Å². The average Bonchev–Trinajstić information content (AvgIpc) is 2.85. The quantitative estimate of drug-likeness (QED) is 0.191. The van der Waals surface area contributed by atoms with Crippen molar-refractivity contribution >= 4 is 16.5 Å². The van der Waals surface area contributed by atoms with Crippen LogP contribution in [-0.4, -0.2) is 19.6 Å². The lowest BCUT2D eigenvalue weighted by Gasteiger charge is -2.26. The first-order valence-electron chi connectivity index (χ1n) is 14.3. The summed E-state index contributed by atoms with van der Waals surface area (Å²) in [5.41, 5.74) is 7.21. The summed E-state index contributed by atoms with van der Waals surface area (Å²) >= 11 is 0. The average molecular weight is 453 g/mol. The van der Waals surface area contributed by atoms with Crippen LogP contribution in [0, 0.1) is 0 Å². The van der Waals surface area contributed by atoms with Crippen LogP contribution in [-0.2, 0) is 0 Å². The van der Waals surface area contributed by atoms with Crippen LogP contribution in [0.1, 0.15) is 116 Å². The molecule has 186 valence electrons. The molecule has 2 heteroatoms. The highest BCUT2D eigenvalue weighted by molar-refractivity contribution is 5.94. The van der Waals surface area contributed by atoms with Crippen molar-refractivity contribution in [1.82, 2.24) is 0 Å². The Morgan fingerprint density at radius 2 is 1.03 bits per heavy atom. The third-order valence-corrected chi connectivity index (χ3v) is 7.02. The van der Waals surface area contributed by atoms with Crippen LogP contribution in [0.5, 0.6) is 0 Å². The molecular formula is C31H52N2. The highest BCUT2D eigenvalue weighted by atomic mass is 15.1. The second-order valence-electron chi connectivity index (χ2n) is 9.93. The van der Waals surface area contributed by atoms with E-state index < -0.39 is 0 Å². The summed E-state index contributed by atoms with van der Waals surface area (Å²) in [5, 5.41) is 2.70. The normalized spacial score (nSPS) is 11.3. The van der Waals surface area contributed by atoms with Gasteiger partial charge >= 0.3 is 0 Å². The zero-order chi connectivity index (χ0) is 23.4. The predicted octanol–water partition coefficient (Wildman–Crippen LogP) is 9.26. The van der Waals surface area contributed by atoms with Crippen molar-refractivity contribution < 1.29 is 0 Å². The van der Waals surface area contributed by atoms with Gasteiger partial charge < -0.3 is 10.6 Å². The monoisotopic (exact) mass is 452 g/mol. The van der Waals surface area contributed by atoms with Gasteiger partial charge in [-0.2, -0.15) is 0 Å². The van der Waals surface area contributed by atoms with Gasteiger partial charge in [-0.25, -0.2) is 0 Å². The zero-order valence-electron chi connectivity index (χ0n) is 21.7. The minimum atomic E-state index is 0.764. The van der Waals surface area contributed by atoms with E-state index in [2.05, 4.69) is 54.3 Å². The molecule has 0 unspecified atom stereocenters. The van der Waals surface area contributed by atoms with Crippen LogP contribution in [0.2, 0.25) is 0 Å². The second kappa shape index (κ2) is 18.8. The van der Waals surface area contributed by atoms with Gasteiger partial charge in [-0.3, -0.25) is 0 Å². The molecule has 0 heterocycles. The largest absolute Gasteiger partial charge is 0.371 e. The van der Waals surface area contributed by atoms with Crippen molar-refractivity contribution in [3.05, 3.63) is 42.5 Å². The Morgan fingerprint density at radius 3 is 1.61 bits per heavy atom. The maximum Gasteiger partial charge on any atom is 0.0445 e. The molecule has 0 aliphatic rings. The molecule has 2 aromatic carbocycles. The first kappa shape index (κ1) is 27.7. The number of hydrogen-bond donors (Lipinski definition) is 1. The lowest BCUT2D eigenvalue weighted by Crippen LogP contribution is -2.27. The smallest absolute Gasteiger partial charge is 0.0445 e. The molecule has 2 nitrogen and oxygen atoms in total. The molecule has 0 aromatic heterocycles. The summed E-state index contributed by atoms with van der Waals surface area (Å²) in [7, 11) is 0. The minimum absolute atomic E-state index is 0.764. The number of fused-ring (bicyclic) bond motifs is 1. The third kappa shape index (κ3) is 11.9. The van der Waals surface area contributed by atoms with Crippen molar-refractivity contribution in [1.29, 1.82) is 0 Å². The van der Waals surface area contributed by atoms with E-state index in [9.17, 15) is 0 Å². The lowest BCUT2D eigenvalue weighted by molar-refractivity contribution is 0.528. The summed E-state index contributed by atoms with van der Waals surface area (Å²) < 4.78 is 0. The molecule has 0 aliphatic carbocycles. The zero-order valence-corrected chi connectivity index (χ0v) is 21.7. The molecule has 2 aromatic rings. The van der Waals surface area contributed by atoms with Gasteiger partial charge in [0.25, 0.3) is 0 Å². The third-order valence-electron chi connectivity index (χ3n) is 7.02. The van der Waals surface area contributed by atoms with Crippen molar-refractivity contribution in [3.63, 3.8) is 0 Å². The van der Waals surface area contributed by atoms with Gasteiger partial charge in [0.1, 0.15) is 0 Å². The fraction of sp³-hybridized carbons (Fsp3) is 0.677. The lowest BCUT2D eigenvalue weighted by atomic mass is 10.0. The highest BCUT2D eigenvalue weighted by Gasteiger charge is 2.09. The molecule has 0 atom stereocenters. The summed E-state index contributed by atoms with van der Waals surface area (Å²) in [6.07, 6.45) is 23.8. The Bertz CT molecular complexity index is 706. The van der Waals surface area contributed by atoms with E-state index in [1.807, 2.05) is 0 Å². The molecule has 0 bridgehead atoms. The van der Waals surface area contributed by atoms with Gasteiger partial charge in [-0.1, -0.05) is 140 Å². The number of rotatable bonds is 21. The first-order valence-corrected chi connectivity index (χ1v) is 14.3. The van der Waals surface area contributed by atoms with Gasteiger partial charge in [0.05, 0.1) is 0 Å². The van der Waals surface area contributed by atoms with E-state index in [4.69, 9.17) is 5.73 Å². The number of benzene rings is 2. The van der Waals surface area contributed by atoms with E-state index in [1.165, 1.54) is 119 Å². The molecule has 0 saturated heterocycles. The van der Waals surface area contributed by atoms with Gasteiger partial charge in [-0.15, -0.1) is 0 Å². The van der Waals surface area contributed by atoms with Crippen LogP contribution < -0.4 is 10.6 Å². The molecule has 0 fully saturated rings. The van der Waals surface area contributed by atoms with E-state index >= 15 is 0 Å². The van der Waals surface area contributed by atoms with Gasteiger partial charge in [-0.05, 0) is 30.8 Å². The van der Waals surface area contributed by atoms with Crippen molar-refractivity contribution in [2.24, 2.45) is 5.73 Å². The van der Waals surface area contributed by atoms with Gasteiger partial charge in [0, 0.05) is 24.2 Å². The van der Waals surface area contributed by atoms with Crippen LogP contribution in [0.15, 0.2) is 42.5 Å². The highest BCUT2D eigenvalue weighted by Crippen LogP contribution is 2.27. The van der Waals surface area contributed by atoms with Crippen LogP contribution >= 0.6 is 0 Å². The number of nitrogens with zero attached hydrogens (tertiary/aromatic N) is 1. The van der Waals surface area contributed by atoms with Crippen LogP contribution in [0.4, 0.5) is 5.69 Å². The van der Waals surface area contributed by atoms with E-state index in [1.54, 1.807) is 0 Å². The first-order chi connectivity index (χ1) is 16.4. The molecule has 0 spiro atoms. The molecule has 2 N–H and O–H groups in total. The number of hydrogen-bond acceptors (Lipinski definition) is 2. The number of anilines is 1. The standard InChI is InChI=1S/C31H52N2/c1-2-3-4-5-6-7-8-9-10-11-12-13-14-15-16-19-27-33(28-21-26-32)31-25-20-23-29-22-17-18-24-30(29)31/h17-18,20,22-25H,2-16,19,21,26-28,32H2,1H3. The number of nitrogens with two attached hydrogens (primary N) is 1. The van der Waals surface area contributed by atoms with E-state index in [-0.39, 0.29) is 0 Å². The molecule has 2 rings (SSSR count). The number of unbranched alkanes of at least 4 members (excludes halogenated alkanes) is 15. The van der Waals surface area contributed by atoms with Crippen molar-refractivity contribution in [2.75, 3.05) is 24.5 Å². The Hall–Kier alpha value is -1.54. The Kier molecular flexibility index (Phi) is 15.8. The molecular weight excluding hydrogens is 400 g/mol. The maximum atomic E-state index is 5.83. The topological polar surface area (TPSA) is 29.3 Å². The Morgan fingerprint density at radius 1 is 0.545 bits per heavy atom. The SMILES string of the molecule is CCCCCCCCCCCCCCCCCCN(CCCN)c1cccc2ccccc12. The fourth-order valence-corrected chi connectivity index (χ4v) is 4.97. The summed E-state index contributed by atoms with van der Waals surface area (Å²) in [6, 6.07) is 15.5. The minimum Gasteiger partial charge on any atom is -0.371 e. The van der Waals surface area contributed by atoms with Crippen molar-refractivity contribution in [2.45, 2.75) is 116 Å². The maximum absolute atomic E-state index is 5.83. The predicted molar refractivity (Wildman–Crippen MR) is 149 cm³/mol. The molecule has 0 saturated carbocycles. The van der Waals surface area contributed by atoms with Crippen LogP contribution in [0.3, 0.4) is 0 Å². The molecule has 0 amide bonds. The summed E-state index contributed by atoms with van der Waals surface area (Å²) in [6.45, 7) is 5.27.